The van der Waals surface area contributed by atoms with Crippen molar-refractivity contribution in [3.8, 4) is 11.1 Å². The molecule has 9 heteroatoms. The van der Waals surface area contributed by atoms with Gasteiger partial charge in [0.15, 0.2) is 11.5 Å². The van der Waals surface area contributed by atoms with Gasteiger partial charge in [0.1, 0.15) is 6.54 Å². The van der Waals surface area contributed by atoms with Crippen LogP contribution in [0.4, 0.5) is 11.5 Å². The molecule has 0 saturated carbocycles. The number of pyridine rings is 1. The Morgan fingerprint density at radius 3 is 2.54 bits per heavy atom. The highest BCUT2D eigenvalue weighted by molar-refractivity contribution is 6.30. The number of aromatic nitrogens is 3. The van der Waals surface area contributed by atoms with E-state index < -0.39 is 0 Å². The quantitative estimate of drug-likeness (QED) is 0.592. The molecule has 8 nitrogen and oxygen atoms in total. The van der Waals surface area contributed by atoms with Gasteiger partial charge in [-0.2, -0.15) is 0 Å². The van der Waals surface area contributed by atoms with E-state index in [0.29, 0.717) is 16.5 Å². The second-order valence-corrected chi connectivity index (χ2v) is 6.35. The van der Waals surface area contributed by atoms with Gasteiger partial charge in [-0.1, -0.05) is 23.7 Å². The molecule has 2 amide bonds. The maximum absolute atomic E-state index is 12.5. The van der Waals surface area contributed by atoms with Crippen LogP contribution in [0.1, 0.15) is 10.5 Å². The van der Waals surface area contributed by atoms with E-state index in [0.717, 1.165) is 11.1 Å². The maximum Gasteiger partial charge on any atom is 0.271 e. The van der Waals surface area contributed by atoms with Crippen LogP contribution in [0.3, 0.4) is 0 Å². The van der Waals surface area contributed by atoms with Gasteiger partial charge in [0.05, 0.1) is 18.2 Å². The van der Waals surface area contributed by atoms with Gasteiger partial charge in [-0.25, -0.2) is 4.98 Å². The van der Waals surface area contributed by atoms with Gasteiger partial charge in [0.2, 0.25) is 5.91 Å². The smallest absolute Gasteiger partial charge is 0.271 e. The number of hydrogen-bond acceptors (Lipinski definition) is 5. The van der Waals surface area contributed by atoms with Crippen molar-refractivity contribution in [2.75, 3.05) is 24.7 Å². The maximum atomic E-state index is 12.5. The second-order valence-electron chi connectivity index (χ2n) is 5.92. The first-order valence-electron chi connectivity index (χ1n) is 8.47. The lowest BCUT2D eigenvalue weighted by molar-refractivity contribution is -0.116. The average molecular weight is 399 g/mol. The molecule has 0 aliphatic heterocycles. The third-order valence-electron chi connectivity index (χ3n) is 4.03. The van der Waals surface area contributed by atoms with Crippen LogP contribution in [0.25, 0.3) is 11.1 Å². The molecule has 144 valence electrons. The van der Waals surface area contributed by atoms with Crippen molar-refractivity contribution in [2.45, 2.75) is 6.54 Å². The minimum absolute atomic E-state index is 0.0669. The predicted octanol–water partition coefficient (Wildman–Crippen LogP) is 2.64. The predicted molar refractivity (Wildman–Crippen MR) is 108 cm³/mol. The van der Waals surface area contributed by atoms with E-state index in [-0.39, 0.29) is 24.1 Å². The number of halogens is 1. The molecule has 3 rings (SSSR count). The van der Waals surface area contributed by atoms with Crippen LogP contribution in [0, 0.1) is 0 Å². The standard InChI is InChI=1S/C19H19ClN6O2/c1-21-18-17(19(28)22-2)26(11-24-18)10-16(27)25-15-7-13(8-23-9-15)12-3-5-14(20)6-4-12/h3-9,11,21H,10H2,1-2H3,(H,22,28)(H,25,27). The highest BCUT2D eigenvalue weighted by Gasteiger charge is 2.18. The van der Waals surface area contributed by atoms with Crippen LogP contribution in [0.15, 0.2) is 49.1 Å². The third kappa shape index (κ3) is 4.29. The number of imidazole rings is 1. The van der Waals surface area contributed by atoms with Gasteiger partial charge in [0, 0.05) is 30.9 Å². The molecule has 2 aromatic heterocycles. The molecule has 28 heavy (non-hydrogen) atoms. The summed E-state index contributed by atoms with van der Waals surface area (Å²) in [4.78, 5) is 32.8. The molecule has 1 aromatic carbocycles. The van der Waals surface area contributed by atoms with Crippen molar-refractivity contribution < 1.29 is 9.59 Å². The van der Waals surface area contributed by atoms with E-state index in [2.05, 4.69) is 25.9 Å². The van der Waals surface area contributed by atoms with Crippen molar-refractivity contribution in [3.63, 3.8) is 0 Å². The van der Waals surface area contributed by atoms with Gasteiger partial charge in [-0.05, 0) is 23.8 Å². The summed E-state index contributed by atoms with van der Waals surface area (Å²) in [5.74, 6) is -0.236. The molecular formula is C19H19ClN6O2. The summed E-state index contributed by atoms with van der Waals surface area (Å²) in [7, 11) is 3.18. The Bertz CT molecular complexity index is 1000. The van der Waals surface area contributed by atoms with Gasteiger partial charge >= 0.3 is 0 Å². The fourth-order valence-electron chi connectivity index (χ4n) is 2.71. The molecule has 0 unspecified atom stereocenters. The summed E-state index contributed by atoms with van der Waals surface area (Å²) in [5, 5.41) is 8.83. The van der Waals surface area contributed by atoms with Crippen molar-refractivity contribution in [2.24, 2.45) is 0 Å². The van der Waals surface area contributed by atoms with E-state index >= 15 is 0 Å². The molecule has 0 bridgehead atoms. The highest BCUT2D eigenvalue weighted by Crippen LogP contribution is 2.23. The topological polar surface area (TPSA) is 101 Å². The first-order valence-corrected chi connectivity index (χ1v) is 8.85. The van der Waals surface area contributed by atoms with Crippen molar-refractivity contribution in [1.29, 1.82) is 0 Å². The van der Waals surface area contributed by atoms with Gasteiger partial charge < -0.3 is 20.5 Å². The SMILES string of the molecule is CNC(=O)c1c(NC)ncn1CC(=O)Nc1cncc(-c2ccc(Cl)cc2)c1. The molecule has 0 aliphatic rings. The number of nitrogens with one attached hydrogen (secondary N) is 3. The van der Waals surface area contributed by atoms with E-state index in [1.807, 2.05) is 18.2 Å². The largest absolute Gasteiger partial charge is 0.371 e. The Hall–Kier alpha value is -3.39. The van der Waals surface area contributed by atoms with E-state index in [9.17, 15) is 9.59 Å². The fourth-order valence-corrected chi connectivity index (χ4v) is 2.83. The molecule has 0 saturated heterocycles. The summed E-state index contributed by atoms with van der Waals surface area (Å²) in [6, 6.07) is 9.17. The Labute approximate surface area is 167 Å². The zero-order chi connectivity index (χ0) is 20.1. The molecule has 0 atom stereocenters. The van der Waals surface area contributed by atoms with Crippen molar-refractivity contribution >= 4 is 34.9 Å². The molecule has 0 radical (unpaired) electrons. The Kier molecular flexibility index (Phi) is 5.90. The number of carbonyl (C=O) groups is 2. The summed E-state index contributed by atoms with van der Waals surface area (Å²) in [5.41, 5.74) is 2.62. The third-order valence-corrected chi connectivity index (χ3v) is 4.28. The van der Waals surface area contributed by atoms with Crippen LogP contribution in [-0.2, 0) is 11.3 Å². The highest BCUT2D eigenvalue weighted by atomic mass is 35.5. The average Bonchev–Trinajstić information content (AvgIpc) is 3.10. The zero-order valence-corrected chi connectivity index (χ0v) is 16.1. The van der Waals surface area contributed by atoms with Crippen LogP contribution >= 0.6 is 11.6 Å². The summed E-state index contributed by atoms with van der Waals surface area (Å²) >= 11 is 5.92. The normalized spacial score (nSPS) is 10.4. The van der Waals surface area contributed by atoms with Gasteiger partial charge in [0.25, 0.3) is 5.91 Å². The molecule has 3 N–H and O–H groups in total. The minimum Gasteiger partial charge on any atom is -0.371 e. The first kappa shape index (κ1) is 19.4. The Morgan fingerprint density at radius 2 is 1.86 bits per heavy atom. The lowest BCUT2D eigenvalue weighted by Gasteiger charge is -2.10. The number of anilines is 2. The van der Waals surface area contributed by atoms with Crippen LogP contribution in [0.2, 0.25) is 5.02 Å². The molecular weight excluding hydrogens is 380 g/mol. The number of benzene rings is 1. The van der Waals surface area contributed by atoms with E-state index in [1.165, 1.54) is 17.9 Å². The van der Waals surface area contributed by atoms with Gasteiger partial charge in [-0.3, -0.25) is 14.6 Å². The monoisotopic (exact) mass is 398 g/mol. The van der Waals surface area contributed by atoms with Crippen molar-refractivity contribution in [1.82, 2.24) is 19.9 Å². The van der Waals surface area contributed by atoms with Crippen LogP contribution < -0.4 is 16.0 Å². The van der Waals surface area contributed by atoms with E-state index in [4.69, 9.17) is 11.6 Å². The first-order chi connectivity index (χ1) is 13.5. The lowest BCUT2D eigenvalue weighted by Crippen LogP contribution is -2.26. The summed E-state index contributed by atoms with van der Waals surface area (Å²) in [6.45, 7) is -0.0669. The lowest BCUT2D eigenvalue weighted by atomic mass is 10.1. The zero-order valence-electron chi connectivity index (χ0n) is 15.4. The number of amides is 2. The summed E-state index contributed by atoms with van der Waals surface area (Å²) < 4.78 is 1.48. The number of hydrogen-bond donors (Lipinski definition) is 3. The summed E-state index contributed by atoms with van der Waals surface area (Å²) in [6.07, 6.45) is 4.71. The Morgan fingerprint density at radius 1 is 1.11 bits per heavy atom. The second kappa shape index (κ2) is 8.53. The molecule has 0 aliphatic carbocycles. The Balaban J connectivity index is 1.76. The van der Waals surface area contributed by atoms with E-state index in [1.54, 1.807) is 31.6 Å². The van der Waals surface area contributed by atoms with Gasteiger partial charge in [-0.15, -0.1) is 0 Å². The van der Waals surface area contributed by atoms with Crippen molar-refractivity contribution in [3.05, 3.63) is 59.8 Å². The molecule has 2 heterocycles. The van der Waals surface area contributed by atoms with Crippen LogP contribution in [0.5, 0.6) is 0 Å². The number of nitrogens with zero attached hydrogens (tertiary/aromatic N) is 3. The number of rotatable bonds is 6. The molecule has 3 aromatic rings. The molecule has 0 fully saturated rings. The fraction of sp³-hybridized carbons (Fsp3) is 0.158. The minimum atomic E-state index is -0.332. The number of carbonyl (C=O) groups excluding carboxylic acids is 2. The molecule has 0 spiro atoms. The van der Waals surface area contributed by atoms with Crippen LogP contribution in [-0.4, -0.2) is 40.4 Å².